The first kappa shape index (κ1) is 17.7. The number of amides is 1. The largest absolute Gasteiger partial charge is 0.452 e. The van der Waals surface area contributed by atoms with E-state index in [1.165, 1.54) is 24.3 Å². The topological polar surface area (TPSA) is 55.4 Å². The molecule has 0 aliphatic carbocycles. The number of carbonyl (C=O) groups excluding carboxylic acids is 2. The summed E-state index contributed by atoms with van der Waals surface area (Å²) in [6.07, 6.45) is 0.723. The van der Waals surface area contributed by atoms with Gasteiger partial charge in [0.1, 0.15) is 5.82 Å². The second-order valence-electron chi connectivity index (χ2n) is 5.52. The Labute approximate surface area is 140 Å². The zero-order chi connectivity index (χ0) is 17.5. The smallest absolute Gasteiger partial charge is 0.338 e. The van der Waals surface area contributed by atoms with Crippen LogP contribution in [0.15, 0.2) is 48.5 Å². The number of hydrogen-bond donors (Lipinski definition) is 1. The van der Waals surface area contributed by atoms with Crippen LogP contribution >= 0.6 is 0 Å². The Morgan fingerprint density at radius 3 is 2.29 bits per heavy atom. The molecule has 0 radical (unpaired) electrons. The number of carbonyl (C=O) groups is 2. The van der Waals surface area contributed by atoms with Gasteiger partial charge in [-0.2, -0.15) is 0 Å². The molecule has 0 aliphatic heterocycles. The van der Waals surface area contributed by atoms with E-state index in [9.17, 15) is 14.0 Å². The van der Waals surface area contributed by atoms with E-state index in [0.29, 0.717) is 0 Å². The van der Waals surface area contributed by atoms with Crippen molar-refractivity contribution in [1.29, 1.82) is 0 Å². The Morgan fingerprint density at radius 2 is 1.71 bits per heavy atom. The lowest BCUT2D eigenvalue weighted by Crippen LogP contribution is -2.32. The molecular weight excluding hydrogens is 309 g/mol. The number of benzene rings is 2. The molecule has 1 N–H and O–H groups in total. The standard InChI is InChI=1S/C19H20FNO3/c1-3-17(14-6-4-13(2)5-7-14)21-18(22)12-24-19(23)15-8-10-16(20)11-9-15/h4-11,17H,3,12H2,1-2H3,(H,21,22)/t17-/m1/s1. The van der Waals surface area contributed by atoms with Crippen molar-refractivity contribution in [2.45, 2.75) is 26.3 Å². The van der Waals surface area contributed by atoms with Gasteiger partial charge in [0.15, 0.2) is 6.61 Å². The third-order valence-corrected chi connectivity index (χ3v) is 3.64. The van der Waals surface area contributed by atoms with Gasteiger partial charge in [0.2, 0.25) is 0 Å². The number of nitrogens with one attached hydrogen (secondary N) is 1. The molecule has 1 atom stereocenters. The van der Waals surface area contributed by atoms with Crippen molar-refractivity contribution in [2.75, 3.05) is 6.61 Å². The van der Waals surface area contributed by atoms with Crippen LogP contribution in [0.25, 0.3) is 0 Å². The van der Waals surface area contributed by atoms with Crippen LogP contribution in [0.3, 0.4) is 0 Å². The number of hydrogen-bond acceptors (Lipinski definition) is 3. The molecule has 24 heavy (non-hydrogen) atoms. The molecular formula is C19H20FNO3. The average molecular weight is 329 g/mol. The summed E-state index contributed by atoms with van der Waals surface area (Å²) >= 11 is 0. The summed E-state index contributed by atoms with van der Waals surface area (Å²) in [4.78, 5) is 23.8. The summed E-state index contributed by atoms with van der Waals surface area (Å²) in [5, 5.41) is 2.84. The third kappa shape index (κ3) is 4.91. The van der Waals surface area contributed by atoms with E-state index in [-0.39, 0.29) is 24.1 Å². The predicted molar refractivity (Wildman–Crippen MR) is 89.0 cm³/mol. The Balaban J connectivity index is 1.88. The van der Waals surface area contributed by atoms with Crippen molar-refractivity contribution in [2.24, 2.45) is 0 Å². The van der Waals surface area contributed by atoms with Crippen molar-refractivity contribution in [3.05, 3.63) is 71.0 Å². The molecule has 0 aliphatic rings. The Morgan fingerprint density at radius 1 is 1.08 bits per heavy atom. The van der Waals surface area contributed by atoms with Crippen LogP contribution in [-0.4, -0.2) is 18.5 Å². The maximum absolute atomic E-state index is 12.8. The molecule has 4 nitrogen and oxygen atoms in total. The average Bonchev–Trinajstić information content (AvgIpc) is 2.59. The van der Waals surface area contributed by atoms with Gasteiger partial charge in [-0.05, 0) is 43.2 Å². The maximum atomic E-state index is 12.8. The van der Waals surface area contributed by atoms with Gasteiger partial charge in [-0.15, -0.1) is 0 Å². The number of halogens is 1. The van der Waals surface area contributed by atoms with Gasteiger partial charge in [0, 0.05) is 0 Å². The lowest BCUT2D eigenvalue weighted by Gasteiger charge is -2.17. The highest BCUT2D eigenvalue weighted by atomic mass is 19.1. The van der Waals surface area contributed by atoms with E-state index in [0.717, 1.165) is 17.5 Å². The fraction of sp³-hybridized carbons (Fsp3) is 0.263. The van der Waals surface area contributed by atoms with Crippen LogP contribution in [0.2, 0.25) is 0 Å². The second kappa shape index (κ2) is 8.24. The van der Waals surface area contributed by atoms with Crippen LogP contribution in [0.4, 0.5) is 4.39 Å². The third-order valence-electron chi connectivity index (χ3n) is 3.64. The molecule has 0 heterocycles. The molecule has 0 unspecified atom stereocenters. The van der Waals surface area contributed by atoms with Gasteiger partial charge < -0.3 is 10.1 Å². The SMILES string of the molecule is CC[C@@H](NC(=O)COC(=O)c1ccc(F)cc1)c1ccc(C)cc1. The zero-order valence-corrected chi connectivity index (χ0v) is 13.7. The molecule has 5 heteroatoms. The summed E-state index contributed by atoms with van der Waals surface area (Å²) in [7, 11) is 0. The molecule has 0 fully saturated rings. The number of rotatable bonds is 6. The minimum Gasteiger partial charge on any atom is -0.452 e. The molecule has 126 valence electrons. The quantitative estimate of drug-likeness (QED) is 0.825. The van der Waals surface area contributed by atoms with Crippen LogP contribution < -0.4 is 5.32 Å². The van der Waals surface area contributed by atoms with E-state index in [2.05, 4.69) is 5.32 Å². The first-order valence-corrected chi connectivity index (χ1v) is 7.78. The fourth-order valence-electron chi connectivity index (χ4n) is 2.26. The van der Waals surface area contributed by atoms with E-state index >= 15 is 0 Å². The molecule has 0 bridgehead atoms. The molecule has 2 rings (SSSR count). The van der Waals surface area contributed by atoms with E-state index in [1.54, 1.807) is 0 Å². The Hall–Kier alpha value is -2.69. The first-order valence-electron chi connectivity index (χ1n) is 7.78. The van der Waals surface area contributed by atoms with E-state index in [4.69, 9.17) is 4.74 Å². The van der Waals surface area contributed by atoms with Crippen molar-refractivity contribution >= 4 is 11.9 Å². The van der Waals surface area contributed by atoms with Crippen molar-refractivity contribution in [1.82, 2.24) is 5.32 Å². The molecule has 2 aromatic carbocycles. The van der Waals surface area contributed by atoms with Crippen LogP contribution in [0.5, 0.6) is 0 Å². The molecule has 0 saturated heterocycles. The van der Waals surface area contributed by atoms with Gasteiger partial charge >= 0.3 is 5.97 Å². The summed E-state index contributed by atoms with van der Waals surface area (Å²) in [6, 6.07) is 12.7. The van der Waals surface area contributed by atoms with Crippen molar-refractivity contribution < 1.29 is 18.7 Å². The van der Waals surface area contributed by atoms with Gasteiger partial charge in [-0.25, -0.2) is 9.18 Å². The van der Waals surface area contributed by atoms with Crippen LogP contribution in [0, 0.1) is 12.7 Å². The second-order valence-corrected chi connectivity index (χ2v) is 5.52. The Kier molecular flexibility index (Phi) is 6.07. The highest BCUT2D eigenvalue weighted by molar-refractivity contribution is 5.91. The number of ether oxygens (including phenoxy) is 1. The molecule has 0 spiro atoms. The van der Waals surface area contributed by atoms with Crippen LogP contribution in [-0.2, 0) is 9.53 Å². The highest BCUT2D eigenvalue weighted by Crippen LogP contribution is 2.17. The fourth-order valence-corrected chi connectivity index (χ4v) is 2.26. The maximum Gasteiger partial charge on any atom is 0.338 e. The zero-order valence-electron chi connectivity index (χ0n) is 13.7. The summed E-state index contributed by atoms with van der Waals surface area (Å²) in [5.74, 6) is -1.47. The van der Waals surface area contributed by atoms with Crippen molar-refractivity contribution in [3.63, 3.8) is 0 Å². The van der Waals surface area contributed by atoms with Crippen molar-refractivity contribution in [3.8, 4) is 0 Å². The normalized spacial score (nSPS) is 11.6. The van der Waals surface area contributed by atoms with E-state index < -0.39 is 11.8 Å². The lowest BCUT2D eigenvalue weighted by atomic mass is 10.0. The minimum absolute atomic E-state index is 0.136. The summed E-state index contributed by atoms with van der Waals surface area (Å²) < 4.78 is 17.8. The van der Waals surface area contributed by atoms with Gasteiger partial charge in [-0.3, -0.25) is 4.79 Å². The summed E-state index contributed by atoms with van der Waals surface area (Å²) in [5.41, 5.74) is 2.35. The number of aryl methyl sites for hydroxylation is 1. The van der Waals surface area contributed by atoms with Crippen LogP contribution in [0.1, 0.15) is 40.9 Å². The number of esters is 1. The summed E-state index contributed by atoms with van der Waals surface area (Å²) in [6.45, 7) is 3.59. The lowest BCUT2D eigenvalue weighted by molar-refractivity contribution is -0.125. The van der Waals surface area contributed by atoms with Gasteiger partial charge in [0.25, 0.3) is 5.91 Å². The minimum atomic E-state index is -0.659. The van der Waals surface area contributed by atoms with E-state index in [1.807, 2.05) is 38.1 Å². The highest BCUT2D eigenvalue weighted by Gasteiger charge is 2.15. The van der Waals surface area contributed by atoms with Gasteiger partial charge in [0.05, 0.1) is 11.6 Å². The predicted octanol–water partition coefficient (Wildman–Crippen LogP) is 3.56. The monoisotopic (exact) mass is 329 g/mol. The molecule has 0 saturated carbocycles. The Bertz CT molecular complexity index is 696. The van der Waals surface area contributed by atoms with Gasteiger partial charge in [-0.1, -0.05) is 36.8 Å². The molecule has 0 aromatic heterocycles. The molecule has 1 amide bonds. The first-order chi connectivity index (χ1) is 11.5. The molecule has 2 aromatic rings.